The fourth-order valence-electron chi connectivity index (χ4n) is 0.938. The highest BCUT2D eigenvalue weighted by Crippen LogP contribution is 2.20. The Hall–Kier alpha value is -0.715. The van der Waals surface area contributed by atoms with E-state index in [1.54, 1.807) is 0 Å². The van der Waals surface area contributed by atoms with Crippen LogP contribution in [0.1, 0.15) is 33.8 Å². The molecule has 0 saturated heterocycles. The van der Waals surface area contributed by atoms with E-state index in [2.05, 4.69) is 51.1 Å². The van der Waals surface area contributed by atoms with Crippen molar-refractivity contribution < 1.29 is 0 Å². The molecule has 0 atom stereocenters. The van der Waals surface area contributed by atoms with Crippen LogP contribution in [0.15, 0.2) is 30.3 Å². The Morgan fingerprint density at radius 1 is 0.917 bits per heavy atom. The smallest absolute Gasteiger partial charge is 0 e. The molecule has 1 aromatic carbocycles. The fraction of sp³-hybridized carbons (Fsp3) is 0.455. The van der Waals surface area contributed by atoms with Crippen molar-refractivity contribution in [1.82, 2.24) is 0 Å². The third kappa shape index (κ3) is 3.61. The van der Waals surface area contributed by atoms with Crippen molar-refractivity contribution in [2.24, 2.45) is 0 Å². The lowest BCUT2D eigenvalue weighted by Crippen LogP contribution is -2.10. The van der Waals surface area contributed by atoms with Gasteiger partial charge in [-0.25, -0.2) is 0 Å². The Morgan fingerprint density at radius 3 is 1.58 bits per heavy atom. The van der Waals surface area contributed by atoms with Crippen molar-refractivity contribution in [3.8, 4) is 0 Å². The van der Waals surface area contributed by atoms with Crippen LogP contribution in [0.3, 0.4) is 0 Å². The van der Waals surface area contributed by atoms with Gasteiger partial charge in [0.2, 0.25) is 0 Å². The molecule has 0 spiro atoms. The van der Waals surface area contributed by atoms with Crippen molar-refractivity contribution in [1.29, 1.82) is 0 Å². The molecule has 0 N–H and O–H groups in total. The van der Waals surface area contributed by atoms with Gasteiger partial charge in [-0.2, -0.15) is 0 Å². The standard InChI is InChI=1S/C10H14.CH4.B/c1-10(2,3)9-7-5-4-6-8-9;;/h4-8H,1-3H3;1H4;. The summed E-state index contributed by atoms with van der Waals surface area (Å²) in [5.74, 6) is 0. The van der Waals surface area contributed by atoms with Crippen LogP contribution in [0.5, 0.6) is 0 Å². The molecule has 0 nitrogen and oxygen atoms in total. The van der Waals surface area contributed by atoms with E-state index in [-0.39, 0.29) is 15.8 Å². The van der Waals surface area contributed by atoms with E-state index in [4.69, 9.17) is 0 Å². The second-order valence-corrected chi connectivity index (χ2v) is 3.62. The SMILES string of the molecule is C.CC(C)(C)c1ccccc1.[B]. The first kappa shape index (κ1) is 13.8. The Labute approximate surface area is 78.6 Å². The summed E-state index contributed by atoms with van der Waals surface area (Å²) in [7, 11) is 0. The zero-order chi connectivity index (χ0) is 7.61. The molecule has 0 amide bonds. The first-order valence-electron chi connectivity index (χ1n) is 3.66. The van der Waals surface area contributed by atoms with Crippen LogP contribution >= 0.6 is 0 Å². The average Bonchev–Trinajstić information content (AvgIpc) is 1.88. The summed E-state index contributed by atoms with van der Waals surface area (Å²) in [4.78, 5) is 0. The summed E-state index contributed by atoms with van der Waals surface area (Å²) >= 11 is 0. The van der Waals surface area contributed by atoms with Crippen molar-refractivity contribution in [3.05, 3.63) is 35.9 Å². The molecule has 0 aliphatic rings. The Bertz CT molecular complexity index is 196. The molecular formula is C11H18B. The van der Waals surface area contributed by atoms with E-state index in [1.807, 2.05) is 0 Å². The van der Waals surface area contributed by atoms with E-state index < -0.39 is 0 Å². The molecule has 0 unspecified atom stereocenters. The summed E-state index contributed by atoms with van der Waals surface area (Å²) in [5, 5.41) is 0. The second kappa shape index (κ2) is 5.02. The van der Waals surface area contributed by atoms with Gasteiger partial charge in [0.15, 0.2) is 0 Å². The molecule has 1 aromatic rings. The second-order valence-electron chi connectivity index (χ2n) is 3.62. The fourth-order valence-corrected chi connectivity index (χ4v) is 0.938. The van der Waals surface area contributed by atoms with Gasteiger partial charge in [0.25, 0.3) is 0 Å². The Balaban J connectivity index is 0. The summed E-state index contributed by atoms with van der Waals surface area (Å²) in [6.07, 6.45) is 0. The van der Waals surface area contributed by atoms with Crippen molar-refractivity contribution in [2.75, 3.05) is 0 Å². The third-order valence-corrected chi connectivity index (χ3v) is 1.64. The minimum absolute atomic E-state index is 0. The molecule has 0 fully saturated rings. The van der Waals surface area contributed by atoms with Gasteiger partial charge in [0, 0.05) is 8.41 Å². The van der Waals surface area contributed by atoms with E-state index in [0.29, 0.717) is 5.41 Å². The first-order valence-corrected chi connectivity index (χ1v) is 3.66. The average molecular weight is 161 g/mol. The lowest BCUT2D eigenvalue weighted by molar-refractivity contribution is 0.590. The van der Waals surface area contributed by atoms with Gasteiger partial charge in [0.1, 0.15) is 0 Å². The highest BCUT2D eigenvalue weighted by molar-refractivity contribution is 5.75. The molecule has 65 valence electrons. The first-order chi connectivity index (χ1) is 4.61. The number of benzene rings is 1. The van der Waals surface area contributed by atoms with E-state index >= 15 is 0 Å². The van der Waals surface area contributed by atoms with Crippen LogP contribution in [0.4, 0.5) is 0 Å². The maximum atomic E-state index is 2.22. The van der Waals surface area contributed by atoms with E-state index in [1.165, 1.54) is 5.56 Å². The molecule has 12 heavy (non-hydrogen) atoms. The molecule has 1 rings (SSSR count). The summed E-state index contributed by atoms with van der Waals surface area (Å²) in [6.45, 7) is 6.67. The minimum atomic E-state index is 0. The third-order valence-electron chi connectivity index (χ3n) is 1.64. The van der Waals surface area contributed by atoms with Gasteiger partial charge in [-0.3, -0.25) is 0 Å². The number of hydrogen-bond donors (Lipinski definition) is 0. The summed E-state index contributed by atoms with van der Waals surface area (Å²) in [5.41, 5.74) is 1.69. The van der Waals surface area contributed by atoms with E-state index in [9.17, 15) is 0 Å². The summed E-state index contributed by atoms with van der Waals surface area (Å²) in [6, 6.07) is 10.6. The zero-order valence-electron chi connectivity index (χ0n) is 7.46. The van der Waals surface area contributed by atoms with Gasteiger partial charge in [0.05, 0.1) is 0 Å². The molecule has 0 heterocycles. The van der Waals surface area contributed by atoms with E-state index in [0.717, 1.165) is 0 Å². The lowest BCUT2D eigenvalue weighted by atomic mass is 9.87. The highest BCUT2D eigenvalue weighted by atomic mass is 14.2. The number of rotatable bonds is 0. The Kier molecular flexibility index (Phi) is 5.80. The van der Waals surface area contributed by atoms with Gasteiger partial charge < -0.3 is 0 Å². The zero-order valence-corrected chi connectivity index (χ0v) is 7.46. The van der Waals surface area contributed by atoms with Crippen molar-refractivity contribution in [3.63, 3.8) is 0 Å². The van der Waals surface area contributed by atoms with Gasteiger partial charge in [-0.1, -0.05) is 58.5 Å². The monoisotopic (exact) mass is 161 g/mol. The van der Waals surface area contributed by atoms with Crippen LogP contribution in [0.2, 0.25) is 0 Å². The largest absolute Gasteiger partial charge is 0.0776 e. The predicted molar refractivity (Wildman–Crippen MR) is 57.6 cm³/mol. The Morgan fingerprint density at radius 2 is 1.33 bits per heavy atom. The highest BCUT2D eigenvalue weighted by Gasteiger charge is 2.11. The molecule has 3 radical (unpaired) electrons. The normalized spacial score (nSPS) is 9.58. The van der Waals surface area contributed by atoms with Gasteiger partial charge in [-0.05, 0) is 11.0 Å². The van der Waals surface area contributed by atoms with Crippen LogP contribution in [-0.4, -0.2) is 8.41 Å². The number of hydrogen-bond acceptors (Lipinski definition) is 0. The van der Waals surface area contributed by atoms with Crippen LogP contribution in [-0.2, 0) is 5.41 Å². The molecular weight excluding hydrogens is 143 g/mol. The molecule has 1 heteroatoms. The van der Waals surface area contributed by atoms with Crippen molar-refractivity contribution >= 4 is 8.41 Å². The minimum Gasteiger partial charge on any atom is -0.0776 e. The molecule has 0 aliphatic carbocycles. The molecule has 0 aliphatic heterocycles. The van der Waals surface area contributed by atoms with Gasteiger partial charge >= 0.3 is 0 Å². The molecule has 0 bridgehead atoms. The maximum absolute atomic E-state index is 2.22. The lowest BCUT2D eigenvalue weighted by Gasteiger charge is -2.18. The quantitative estimate of drug-likeness (QED) is 0.512. The molecule has 0 aromatic heterocycles. The van der Waals surface area contributed by atoms with Crippen LogP contribution < -0.4 is 0 Å². The predicted octanol–water partition coefficient (Wildman–Crippen LogP) is 3.24. The van der Waals surface area contributed by atoms with Crippen LogP contribution in [0.25, 0.3) is 0 Å². The summed E-state index contributed by atoms with van der Waals surface area (Å²) < 4.78 is 0. The van der Waals surface area contributed by atoms with Gasteiger partial charge in [-0.15, -0.1) is 0 Å². The topological polar surface area (TPSA) is 0 Å². The van der Waals surface area contributed by atoms with Crippen molar-refractivity contribution in [2.45, 2.75) is 33.6 Å². The maximum Gasteiger partial charge on any atom is 0 e. The van der Waals surface area contributed by atoms with Crippen LogP contribution in [0, 0.1) is 0 Å². The molecule has 0 saturated carbocycles.